The molecule has 0 aliphatic rings. The molecule has 0 atom stereocenters. The summed E-state index contributed by atoms with van der Waals surface area (Å²) in [6.07, 6.45) is 1.84. The Bertz CT molecular complexity index is 1080. The van der Waals surface area contributed by atoms with Crippen molar-refractivity contribution >= 4 is 37.6 Å². The van der Waals surface area contributed by atoms with Gasteiger partial charge in [0, 0.05) is 23.2 Å². The van der Waals surface area contributed by atoms with Crippen molar-refractivity contribution in [2.24, 2.45) is 0 Å². The molecule has 0 aliphatic carbocycles. The second-order valence-electron chi connectivity index (χ2n) is 6.09. The molecule has 0 saturated carbocycles. The van der Waals surface area contributed by atoms with Gasteiger partial charge in [-0.2, -0.15) is 0 Å². The summed E-state index contributed by atoms with van der Waals surface area (Å²) in [4.78, 5) is 4.58. The standard InChI is InChI=1S/C20H19N3OS.BrH/c1-3-24-16-6-7-17-18(11-16)25-20(21)23(17)12-15-10-13(2)9-14-5-4-8-22-19(14)15;/h4-11,21H,3,12H2,1-2H3;1H. The van der Waals surface area contributed by atoms with Crippen molar-refractivity contribution in [2.45, 2.75) is 20.4 Å². The minimum absolute atomic E-state index is 0. The molecule has 0 aliphatic heterocycles. The van der Waals surface area contributed by atoms with E-state index in [1.165, 1.54) is 11.1 Å². The average molecular weight is 430 g/mol. The van der Waals surface area contributed by atoms with Crippen LogP contribution in [0.3, 0.4) is 0 Å². The second kappa shape index (κ2) is 7.60. The molecule has 26 heavy (non-hydrogen) atoms. The molecule has 0 amide bonds. The summed E-state index contributed by atoms with van der Waals surface area (Å²) < 4.78 is 8.89. The lowest BCUT2D eigenvalue weighted by molar-refractivity contribution is -0.643. The van der Waals surface area contributed by atoms with Crippen LogP contribution in [0.2, 0.25) is 0 Å². The van der Waals surface area contributed by atoms with Crippen LogP contribution in [0.25, 0.3) is 21.1 Å². The number of pyridine rings is 1. The zero-order chi connectivity index (χ0) is 17.4. The minimum atomic E-state index is 0. The van der Waals surface area contributed by atoms with Crippen molar-refractivity contribution in [1.82, 2.24) is 4.98 Å². The van der Waals surface area contributed by atoms with Gasteiger partial charge in [-0.1, -0.05) is 6.07 Å². The smallest absolute Gasteiger partial charge is 0.333 e. The highest BCUT2D eigenvalue weighted by Crippen LogP contribution is 2.27. The molecule has 2 heterocycles. The minimum Gasteiger partial charge on any atom is -1.00 e. The quantitative estimate of drug-likeness (QED) is 0.493. The molecular weight excluding hydrogens is 410 g/mol. The number of halogens is 1. The Labute approximate surface area is 167 Å². The van der Waals surface area contributed by atoms with Gasteiger partial charge >= 0.3 is 5.13 Å². The van der Waals surface area contributed by atoms with Gasteiger partial charge in [-0.05, 0) is 61.1 Å². The number of aryl methyl sites for hydroxylation is 1. The normalized spacial score (nSPS) is 10.8. The predicted octanol–water partition coefficient (Wildman–Crippen LogP) is 1.08. The van der Waals surface area contributed by atoms with Crippen LogP contribution >= 0.6 is 11.3 Å². The molecule has 0 fully saturated rings. The molecule has 0 spiro atoms. The third-order valence-corrected chi connectivity index (χ3v) is 5.25. The van der Waals surface area contributed by atoms with Crippen LogP contribution in [-0.4, -0.2) is 11.6 Å². The fourth-order valence-corrected chi connectivity index (χ4v) is 4.19. The Morgan fingerprint density at radius 1 is 1.19 bits per heavy atom. The number of nitrogens with two attached hydrogens (primary N) is 1. The molecule has 0 bridgehead atoms. The maximum absolute atomic E-state index is 6.33. The number of rotatable bonds is 4. The Balaban J connectivity index is 0.00000196. The largest absolute Gasteiger partial charge is 1.00 e. The molecule has 0 radical (unpaired) electrons. The first-order chi connectivity index (χ1) is 12.2. The van der Waals surface area contributed by atoms with E-state index in [9.17, 15) is 0 Å². The van der Waals surface area contributed by atoms with Crippen molar-refractivity contribution in [3.63, 3.8) is 0 Å². The number of hydrogen-bond donors (Lipinski definition) is 1. The molecular formula is C20H20BrN3OS. The van der Waals surface area contributed by atoms with Gasteiger partial charge in [-0.3, -0.25) is 10.7 Å². The van der Waals surface area contributed by atoms with Crippen molar-refractivity contribution in [3.05, 3.63) is 59.8 Å². The van der Waals surface area contributed by atoms with Crippen LogP contribution in [0.15, 0.2) is 48.7 Å². The summed E-state index contributed by atoms with van der Waals surface area (Å²) in [5.41, 5.74) is 10.9. The summed E-state index contributed by atoms with van der Waals surface area (Å²) in [6.45, 7) is 5.47. The van der Waals surface area contributed by atoms with E-state index in [4.69, 9.17) is 10.5 Å². The fourth-order valence-electron chi connectivity index (χ4n) is 3.23. The van der Waals surface area contributed by atoms with Gasteiger partial charge in [0.1, 0.15) is 17.8 Å². The number of benzene rings is 2. The summed E-state index contributed by atoms with van der Waals surface area (Å²) in [5.74, 6) is 0.881. The number of anilines is 1. The third kappa shape index (κ3) is 3.39. The molecule has 2 aromatic carbocycles. The summed E-state index contributed by atoms with van der Waals surface area (Å²) in [7, 11) is 0. The monoisotopic (exact) mass is 429 g/mol. The average Bonchev–Trinajstić information content (AvgIpc) is 2.90. The van der Waals surface area contributed by atoms with Gasteiger partial charge in [0.25, 0.3) is 0 Å². The van der Waals surface area contributed by atoms with Crippen molar-refractivity contribution in [3.8, 4) is 5.75 Å². The lowest BCUT2D eigenvalue weighted by Crippen LogP contribution is -3.00. The lowest BCUT2D eigenvalue weighted by atomic mass is 10.1. The second-order valence-corrected chi connectivity index (χ2v) is 7.15. The van der Waals surface area contributed by atoms with Crippen LogP contribution < -0.4 is 32.0 Å². The Morgan fingerprint density at radius 2 is 2.04 bits per heavy atom. The SMILES string of the molecule is CCOc1ccc2c(c1)sc(N)[n+]2Cc1cc(C)cc2cccnc12.[Br-]. The predicted molar refractivity (Wildman–Crippen MR) is 103 cm³/mol. The molecule has 2 aromatic heterocycles. The molecule has 4 rings (SSSR count). The molecule has 6 heteroatoms. The van der Waals surface area contributed by atoms with E-state index in [-0.39, 0.29) is 17.0 Å². The van der Waals surface area contributed by atoms with E-state index in [0.717, 1.165) is 32.0 Å². The molecule has 4 aromatic rings. The summed E-state index contributed by atoms with van der Waals surface area (Å²) >= 11 is 1.59. The Hall–Kier alpha value is -2.18. The van der Waals surface area contributed by atoms with Gasteiger partial charge in [0.2, 0.25) is 0 Å². The maximum Gasteiger partial charge on any atom is 0.333 e. The zero-order valence-electron chi connectivity index (χ0n) is 14.7. The van der Waals surface area contributed by atoms with E-state index in [1.807, 2.05) is 25.3 Å². The van der Waals surface area contributed by atoms with Crippen molar-refractivity contribution in [2.75, 3.05) is 12.3 Å². The first-order valence-electron chi connectivity index (χ1n) is 8.34. The van der Waals surface area contributed by atoms with Crippen LogP contribution in [0, 0.1) is 6.92 Å². The topological polar surface area (TPSA) is 52.0 Å². The number of nitrogen functional groups attached to an aromatic ring is 1. The Morgan fingerprint density at radius 3 is 2.85 bits per heavy atom. The third-order valence-electron chi connectivity index (χ3n) is 4.27. The van der Waals surface area contributed by atoms with Crippen LogP contribution in [0.4, 0.5) is 5.13 Å². The molecule has 0 saturated heterocycles. The highest BCUT2D eigenvalue weighted by atomic mass is 79.9. The number of ether oxygens (including phenoxy) is 1. The van der Waals surface area contributed by atoms with Gasteiger partial charge < -0.3 is 21.7 Å². The van der Waals surface area contributed by atoms with E-state index < -0.39 is 0 Å². The molecule has 2 N–H and O–H groups in total. The maximum atomic E-state index is 6.33. The summed E-state index contributed by atoms with van der Waals surface area (Å²) in [6, 6.07) is 14.6. The molecule has 4 nitrogen and oxygen atoms in total. The first kappa shape index (κ1) is 18.6. The van der Waals surface area contributed by atoms with E-state index in [1.54, 1.807) is 11.3 Å². The number of hydrogen-bond acceptors (Lipinski definition) is 4. The van der Waals surface area contributed by atoms with Crippen LogP contribution in [-0.2, 0) is 6.54 Å². The first-order valence-corrected chi connectivity index (χ1v) is 9.16. The van der Waals surface area contributed by atoms with E-state index >= 15 is 0 Å². The van der Waals surface area contributed by atoms with Crippen LogP contribution in [0.5, 0.6) is 5.75 Å². The van der Waals surface area contributed by atoms with Gasteiger partial charge in [-0.25, -0.2) is 4.57 Å². The highest BCUT2D eigenvalue weighted by Gasteiger charge is 2.17. The number of fused-ring (bicyclic) bond motifs is 2. The Kier molecular flexibility index (Phi) is 5.44. The lowest BCUT2D eigenvalue weighted by Gasteiger charge is -2.07. The van der Waals surface area contributed by atoms with E-state index in [2.05, 4.69) is 46.8 Å². The fraction of sp³-hybridized carbons (Fsp3) is 0.200. The molecule has 134 valence electrons. The van der Waals surface area contributed by atoms with Gasteiger partial charge in [-0.15, -0.1) is 0 Å². The highest BCUT2D eigenvalue weighted by molar-refractivity contribution is 7.21. The van der Waals surface area contributed by atoms with Gasteiger partial charge in [0.15, 0.2) is 0 Å². The molecule has 0 unspecified atom stereocenters. The van der Waals surface area contributed by atoms with Gasteiger partial charge in [0.05, 0.1) is 16.8 Å². The zero-order valence-corrected chi connectivity index (χ0v) is 17.1. The number of nitrogens with zero attached hydrogens (tertiary/aromatic N) is 2. The van der Waals surface area contributed by atoms with Crippen molar-refractivity contribution < 1.29 is 26.3 Å². The summed E-state index contributed by atoms with van der Waals surface area (Å²) in [5, 5.41) is 1.95. The van der Waals surface area contributed by atoms with Crippen molar-refractivity contribution in [1.29, 1.82) is 0 Å². The number of thiazole rings is 1. The van der Waals surface area contributed by atoms with Crippen LogP contribution in [0.1, 0.15) is 18.1 Å². The number of aromatic nitrogens is 2. The van der Waals surface area contributed by atoms with E-state index in [0.29, 0.717) is 13.2 Å².